The van der Waals surface area contributed by atoms with Gasteiger partial charge in [-0.25, -0.2) is 0 Å². The summed E-state index contributed by atoms with van der Waals surface area (Å²) in [5.41, 5.74) is 1.91. The first-order chi connectivity index (χ1) is 7.81. The molecule has 0 aliphatic heterocycles. The number of hydrogen-bond acceptors (Lipinski definition) is 4. The van der Waals surface area contributed by atoms with Crippen LogP contribution in [0.2, 0.25) is 0 Å². The Hall–Kier alpha value is -2.17. The quantitative estimate of drug-likeness (QED) is 0.718. The number of nitrogens with zero attached hydrogens (tertiary/aromatic N) is 3. The van der Waals surface area contributed by atoms with E-state index in [1.807, 2.05) is 30.3 Å². The van der Waals surface area contributed by atoms with Crippen molar-refractivity contribution in [2.45, 2.75) is 13.5 Å². The van der Waals surface area contributed by atoms with Gasteiger partial charge in [-0.05, 0) is 17.7 Å². The fourth-order valence-corrected chi connectivity index (χ4v) is 1.28. The van der Waals surface area contributed by atoms with Crippen molar-refractivity contribution in [3.05, 3.63) is 47.3 Å². The van der Waals surface area contributed by atoms with E-state index < -0.39 is 0 Å². The Kier molecular flexibility index (Phi) is 2.95. The topological polar surface area (TPSA) is 57.0 Å². The van der Waals surface area contributed by atoms with Gasteiger partial charge in [-0.3, -0.25) is 4.79 Å². The minimum absolute atomic E-state index is 0.343. The molecule has 2 aromatic rings. The van der Waals surface area contributed by atoms with Crippen LogP contribution in [-0.4, -0.2) is 21.4 Å². The molecule has 0 bridgehead atoms. The van der Waals surface area contributed by atoms with E-state index in [0.717, 1.165) is 10.4 Å². The number of carbonyl (C=O) groups excluding carboxylic acids is 1. The van der Waals surface area contributed by atoms with Crippen molar-refractivity contribution in [3.8, 4) is 0 Å². The monoisotopic (exact) mass is 217 g/mol. The van der Waals surface area contributed by atoms with Crippen molar-refractivity contribution in [3.63, 3.8) is 0 Å². The van der Waals surface area contributed by atoms with Crippen molar-refractivity contribution in [1.82, 2.24) is 15.2 Å². The number of rotatable bonds is 4. The molecule has 1 heterocycles. The molecule has 0 saturated carbocycles. The molecular weight excluding hydrogens is 206 g/mol. The Bertz CT molecular complexity index is 479. The summed E-state index contributed by atoms with van der Waals surface area (Å²) >= 11 is 0. The smallest absolute Gasteiger partial charge is 0.173 e. The highest BCUT2D eigenvalue weighted by Gasteiger charge is 2.08. The van der Waals surface area contributed by atoms with E-state index in [0.29, 0.717) is 24.3 Å². The van der Waals surface area contributed by atoms with Gasteiger partial charge in [-0.1, -0.05) is 35.2 Å². The lowest BCUT2D eigenvalue weighted by Gasteiger charge is -2.05. The van der Waals surface area contributed by atoms with Gasteiger partial charge < -0.3 is 4.84 Å². The Morgan fingerprint density at radius 1 is 1.38 bits per heavy atom. The van der Waals surface area contributed by atoms with Crippen LogP contribution in [0, 0.1) is 6.92 Å². The van der Waals surface area contributed by atoms with Crippen LogP contribution < -0.4 is 4.84 Å². The average molecular weight is 217 g/mol. The molecule has 0 aliphatic carbocycles. The molecule has 0 amide bonds. The number of carbonyl (C=O) groups is 1. The lowest BCUT2D eigenvalue weighted by atomic mass is 10.2. The minimum atomic E-state index is 0.343. The molecule has 16 heavy (non-hydrogen) atoms. The Morgan fingerprint density at radius 2 is 2.12 bits per heavy atom. The molecule has 0 saturated heterocycles. The van der Waals surface area contributed by atoms with Crippen molar-refractivity contribution in [2.24, 2.45) is 0 Å². The Balaban J connectivity index is 2.08. The zero-order valence-corrected chi connectivity index (χ0v) is 8.83. The SMILES string of the molecule is Cc1nnn(OCc2ccccc2)c1C=O. The van der Waals surface area contributed by atoms with E-state index >= 15 is 0 Å². The molecule has 0 atom stereocenters. The Morgan fingerprint density at radius 3 is 2.81 bits per heavy atom. The summed E-state index contributed by atoms with van der Waals surface area (Å²) in [6.07, 6.45) is 0.681. The van der Waals surface area contributed by atoms with Crippen LogP contribution in [0.25, 0.3) is 0 Å². The molecule has 2 rings (SSSR count). The number of aryl methyl sites for hydroxylation is 1. The number of benzene rings is 1. The van der Waals surface area contributed by atoms with Crippen LogP contribution in [0.15, 0.2) is 30.3 Å². The zero-order chi connectivity index (χ0) is 11.4. The van der Waals surface area contributed by atoms with Crippen LogP contribution in [0.4, 0.5) is 0 Å². The zero-order valence-electron chi connectivity index (χ0n) is 8.83. The van der Waals surface area contributed by atoms with Crippen LogP contribution in [0.3, 0.4) is 0 Å². The van der Waals surface area contributed by atoms with Crippen LogP contribution in [-0.2, 0) is 6.61 Å². The first-order valence-electron chi connectivity index (χ1n) is 4.86. The fraction of sp³-hybridized carbons (Fsp3) is 0.182. The molecule has 0 radical (unpaired) electrons. The minimum Gasteiger partial charge on any atom is -0.390 e. The number of aldehydes is 1. The maximum absolute atomic E-state index is 10.7. The van der Waals surface area contributed by atoms with Crippen LogP contribution in [0.5, 0.6) is 0 Å². The van der Waals surface area contributed by atoms with Crippen molar-refractivity contribution >= 4 is 6.29 Å². The highest BCUT2D eigenvalue weighted by Crippen LogP contribution is 2.01. The van der Waals surface area contributed by atoms with E-state index in [2.05, 4.69) is 10.3 Å². The summed E-state index contributed by atoms with van der Waals surface area (Å²) in [5.74, 6) is 0. The van der Waals surface area contributed by atoms with Crippen molar-refractivity contribution in [1.29, 1.82) is 0 Å². The molecular formula is C11H11N3O2. The van der Waals surface area contributed by atoms with E-state index in [9.17, 15) is 4.79 Å². The molecule has 0 aliphatic rings. The third-order valence-electron chi connectivity index (χ3n) is 2.16. The van der Waals surface area contributed by atoms with E-state index in [4.69, 9.17) is 4.84 Å². The summed E-state index contributed by atoms with van der Waals surface area (Å²) in [6, 6.07) is 9.65. The third-order valence-corrected chi connectivity index (χ3v) is 2.16. The van der Waals surface area contributed by atoms with E-state index in [-0.39, 0.29) is 0 Å². The largest absolute Gasteiger partial charge is 0.390 e. The first kappa shape index (κ1) is 10.4. The highest BCUT2D eigenvalue weighted by atomic mass is 16.7. The molecule has 82 valence electrons. The standard InChI is InChI=1S/C11H11N3O2/c1-9-11(7-15)14(13-12-9)16-8-10-5-3-2-4-6-10/h2-7H,8H2,1H3. The van der Waals surface area contributed by atoms with Gasteiger partial charge >= 0.3 is 0 Å². The van der Waals surface area contributed by atoms with Gasteiger partial charge in [-0.2, -0.15) is 0 Å². The number of hydrogen-bond donors (Lipinski definition) is 0. The van der Waals surface area contributed by atoms with E-state index in [1.165, 1.54) is 0 Å². The molecule has 0 unspecified atom stereocenters. The average Bonchev–Trinajstić information content (AvgIpc) is 2.68. The van der Waals surface area contributed by atoms with Gasteiger partial charge in [0, 0.05) is 0 Å². The summed E-state index contributed by atoms with van der Waals surface area (Å²) in [4.78, 5) is 17.2. The summed E-state index contributed by atoms with van der Waals surface area (Å²) in [6.45, 7) is 2.06. The summed E-state index contributed by atoms with van der Waals surface area (Å²) < 4.78 is 0. The maximum atomic E-state index is 10.7. The Labute approximate surface area is 92.6 Å². The summed E-state index contributed by atoms with van der Waals surface area (Å²) in [7, 11) is 0. The van der Waals surface area contributed by atoms with Gasteiger partial charge in [-0.15, -0.1) is 5.10 Å². The predicted molar refractivity (Wildman–Crippen MR) is 56.9 cm³/mol. The van der Waals surface area contributed by atoms with Gasteiger partial charge in [0.25, 0.3) is 0 Å². The van der Waals surface area contributed by atoms with Crippen LogP contribution >= 0.6 is 0 Å². The lowest BCUT2D eigenvalue weighted by Crippen LogP contribution is -2.15. The molecule has 1 aromatic heterocycles. The fourth-order valence-electron chi connectivity index (χ4n) is 1.28. The molecule has 0 N–H and O–H groups in total. The van der Waals surface area contributed by atoms with Crippen LogP contribution in [0.1, 0.15) is 21.7 Å². The second kappa shape index (κ2) is 4.57. The predicted octanol–water partition coefficient (Wildman–Crippen LogP) is 1.03. The maximum Gasteiger partial charge on any atom is 0.173 e. The van der Waals surface area contributed by atoms with Gasteiger partial charge in [0.15, 0.2) is 12.0 Å². The highest BCUT2D eigenvalue weighted by molar-refractivity contribution is 5.73. The second-order valence-electron chi connectivity index (χ2n) is 3.31. The molecule has 5 nitrogen and oxygen atoms in total. The molecule has 5 heteroatoms. The van der Waals surface area contributed by atoms with Gasteiger partial charge in [0.1, 0.15) is 6.61 Å². The van der Waals surface area contributed by atoms with E-state index in [1.54, 1.807) is 6.92 Å². The number of aromatic nitrogens is 3. The van der Waals surface area contributed by atoms with Crippen molar-refractivity contribution < 1.29 is 9.63 Å². The van der Waals surface area contributed by atoms with Gasteiger partial charge in [0.05, 0.1) is 5.69 Å². The normalized spacial score (nSPS) is 10.1. The third kappa shape index (κ3) is 2.08. The second-order valence-corrected chi connectivity index (χ2v) is 3.31. The first-order valence-corrected chi connectivity index (χ1v) is 4.86. The molecule has 1 aromatic carbocycles. The van der Waals surface area contributed by atoms with Crippen molar-refractivity contribution in [2.75, 3.05) is 0 Å². The lowest BCUT2D eigenvalue weighted by molar-refractivity contribution is 0.0597. The molecule has 0 fully saturated rings. The van der Waals surface area contributed by atoms with Gasteiger partial charge in [0.2, 0.25) is 0 Å². The molecule has 0 spiro atoms. The summed E-state index contributed by atoms with van der Waals surface area (Å²) in [5, 5.41) is 7.47.